The van der Waals surface area contributed by atoms with Crippen molar-refractivity contribution in [2.45, 2.75) is 39.0 Å². The van der Waals surface area contributed by atoms with Gasteiger partial charge < -0.3 is 5.73 Å². The molecule has 1 aromatic carbocycles. The van der Waals surface area contributed by atoms with E-state index in [1.165, 1.54) is 18.4 Å². The van der Waals surface area contributed by atoms with Crippen LogP contribution in [0.3, 0.4) is 0 Å². The van der Waals surface area contributed by atoms with Crippen LogP contribution in [0.1, 0.15) is 37.4 Å². The standard InChI is InChI=1S/C15H22N4/c1-2-3-5-13-7-9-15(10-8-13)19-12-14(17-18-19)6-4-11-16/h7-10,12H,2-6,11,16H2,1H3. The molecule has 0 saturated carbocycles. The zero-order chi connectivity index (χ0) is 13.5. The van der Waals surface area contributed by atoms with Crippen LogP contribution in [0.2, 0.25) is 0 Å². The van der Waals surface area contributed by atoms with Crippen molar-refractivity contribution < 1.29 is 0 Å². The molecule has 19 heavy (non-hydrogen) atoms. The van der Waals surface area contributed by atoms with E-state index in [1.54, 1.807) is 0 Å². The highest BCUT2D eigenvalue weighted by Crippen LogP contribution is 2.11. The lowest BCUT2D eigenvalue weighted by Gasteiger charge is -2.03. The molecule has 1 aromatic heterocycles. The zero-order valence-corrected chi connectivity index (χ0v) is 11.5. The summed E-state index contributed by atoms with van der Waals surface area (Å²) in [5.74, 6) is 0. The van der Waals surface area contributed by atoms with Gasteiger partial charge in [-0.1, -0.05) is 30.7 Å². The quantitative estimate of drug-likeness (QED) is 0.830. The maximum absolute atomic E-state index is 5.50. The molecule has 2 N–H and O–H groups in total. The number of nitrogens with zero attached hydrogens (tertiary/aromatic N) is 3. The number of aromatic nitrogens is 3. The van der Waals surface area contributed by atoms with Crippen LogP contribution in [-0.4, -0.2) is 21.5 Å². The molecule has 0 amide bonds. The van der Waals surface area contributed by atoms with Crippen LogP contribution in [0.5, 0.6) is 0 Å². The van der Waals surface area contributed by atoms with Crippen molar-refractivity contribution >= 4 is 0 Å². The number of unbranched alkanes of at least 4 members (excludes halogenated alkanes) is 1. The Morgan fingerprint density at radius 3 is 2.58 bits per heavy atom. The summed E-state index contributed by atoms with van der Waals surface area (Å²) in [6, 6.07) is 8.55. The fraction of sp³-hybridized carbons (Fsp3) is 0.467. The molecule has 0 fully saturated rings. The lowest BCUT2D eigenvalue weighted by Crippen LogP contribution is -2.00. The minimum atomic E-state index is 0.693. The normalized spacial score (nSPS) is 10.8. The van der Waals surface area contributed by atoms with Crippen molar-refractivity contribution in [3.05, 3.63) is 41.7 Å². The third-order valence-electron chi connectivity index (χ3n) is 3.20. The maximum Gasteiger partial charge on any atom is 0.0832 e. The van der Waals surface area contributed by atoms with Crippen molar-refractivity contribution in [1.29, 1.82) is 0 Å². The fourth-order valence-electron chi connectivity index (χ4n) is 2.02. The number of nitrogens with two attached hydrogens (primary N) is 1. The largest absolute Gasteiger partial charge is 0.330 e. The molecule has 0 aliphatic heterocycles. The molecule has 0 unspecified atom stereocenters. The molecule has 4 nitrogen and oxygen atoms in total. The van der Waals surface area contributed by atoms with E-state index in [4.69, 9.17) is 5.73 Å². The molecule has 4 heteroatoms. The second kappa shape index (κ2) is 7.04. The molecule has 1 heterocycles. The first-order chi connectivity index (χ1) is 9.33. The zero-order valence-electron chi connectivity index (χ0n) is 11.5. The molecule has 0 spiro atoms. The summed E-state index contributed by atoms with van der Waals surface area (Å²) in [6.45, 7) is 2.91. The van der Waals surface area contributed by atoms with Crippen LogP contribution in [-0.2, 0) is 12.8 Å². The minimum absolute atomic E-state index is 0.693. The Morgan fingerprint density at radius 1 is 1.11 bits per heavy atom. The summed E-state index contributed by atoms with van der Waals surface area (Å²) in [4.78, 5) is 0. The van der Waals surface area contributed by atoms with E-state index in [0.29, 0.717) is 6.54 Å². The van der Waals surface area contributed by atoms with Gasteiger partial charge in [-0.3, -0.25) is 0 Å². The summed E-state index contributed by atoms with van der Waals surface area (Å²) in [6.07, 6.45) is 7.45. The van der Waals surface area contributed by atoms with E-state index < -0.39 is 0 Å². The van der Waals surface area contributed by atoms with E-state index in [9.17, 15) is 0 Å². The van der Waals surface area contributed by atoms with Crippen LogP contribution in [0.25, 0.3) is 5.69 Å². The Morgan fingerprint density at radius 2 is 1.89 bits per heavy atom. The van der Waals surface area contributed by atoms with Gasteiger partial charge in [-0.05, 0) is 49.9 Å². The molecule has 102 valence electrons. The van der Waals surface area contributed by atoms with Gasteiger partial charge >= 0.3 is 0 Å². The smallest absolute Gasteiger partial charge is 0.0832 e. The number of benzene rings is 1. The molecular formula is C15H22N4. The van der Waals surface area contributed by atoms with Crippen molar-refractivity contribution in [2.24, 2.45) is 5.73 Å². The Hall–Kier alpha value is -1.68. The Labute approximate surface area is 114 Å². The topological polar surface area (TPSA) is 56.7 Å². The van der Waals surface area contributed by atoms with Gasteiger partial charge in [-0.15, -0.1) is 5.10 Å². The highest BCUT2D eigenvalue weighted by molar-refractivity contribution is 5.33. The summed E-state index contributed by atoms with van der Waals surface area (Å²) in [7, 11) is 0. The van der Waals surface area contributed by atoms with Crippen molar-refractivity contribution in [3.8, 4) is 5.69 Å². The third kappa shape index (κ3) is 3.89. The second-order valence-electron chi connectivity index (χ2n) is 4.82. The molecule has 2 rings (SSSR count). The SMILES string of the molecule is CCCCc1ccc(-n2cc(CCCN)nn2)cc1. The van der Waals surface area contributed by atoms with Crippen molar-refractivity contribution in [1.82, 2.24) is 15.0 Å². The summed E-state index contributed by atoms with van der Waals surface area (Å²) in [5, 5.41) is 8.32. The van der Waals surface area contributed by atoms with Gasteiger partial charge in [-0.2, -0.15) is 0 Å². The maximum atomic E-state index is 5.50. The molecular weight excluding hydrogens is 236 g/mol. The molecule has 2 aromatic rings. The van der Waals surface area contributed by atoms with Gasteiger partial charge in [0.2, 0.25) is 0 Å². The fourth-order valence-corrected chi connectivity index (χ4v) is 2.02. The molecule has 0 bridgehead atoms. The van der Waals surface area contributed by atoms with Crippen LogP contribution in [0.4, 0.5) is 0 Å². The van der Waals surface area contributed by atoms with E-state index in [1.807, 2.05) is 10.9 Å². The number of rotatable bonds is 7. The van der Waals surface area contributed by atoms with E-state index in [2.05, 4.69) is 41.5 Å². The predicted octanol–water partition coefficient (Wildman–Crippen LogP) is 2.50. The summed E-state index contributed by atoms with van der Waals surface area (Å²) >= 11 is 0. The van der Waals surface area contributed by atoms with Crippen molar-refractivity contribution in [3.63, 3.8) is 0 Å². The molecule has 0 radical (unpaired) electrons. The Balaban J connectivity index is 2.02. The second-order valence-corrected chi connectivity index (χ2v) is 4.82. The van der Waals surface area contributed by atoms with Crippen LogP contribution in [0, 0.1) is 0 Å². The first kappa shape index (κ1) is 13.7. The minimum Gasteiger partial charge on any atom is -0.330 e. The Bertz CT molecular complexity index is 487. The average Bonchev–Trinajstić information content (AvgIpc) is 2.92. The average molecular weight is 258 g/mol. The Kier molecular flexibility index (Phi) is 5.10. The lowest BCUT2D eigenvalue weighted by molar-refractivity contribution is 0.776. The summed E-state index contributed by atoms with van der Waals surface area (Å²) < 4.78 is 1.83. The summed E-state index contributed by atoms with van der Waals surface area (Å²) in [5.41, 5.74) is 8.94. The van der Waals surface area contributed by atoms with Gasteiger partial charge in [-0.25, -0.2) is 4.68 Å². The molecule has 0 saturated heterocycles. The highest BCUT2D eigenvalue weighted by atomic mass is 15.4. The van der Waals surface area contributed by atoms with Gasteiger partial charge in [0, 0.05) is 0 Å². The van der Waals surface area contributed by atoms with Crippen LogP contribution >= 0.6 is 0 Å². The van der Waals surface area contributed by atoms with Crippen molar-refractivity contribution in [2.75, 3.05) is 6.54 Å². The van der Waals surface area contributed by atoms with E-state index in [-0.39, 0.29) is 0 Å². The molecule has 0 aliphatic rings. The monoisotopic (exact) mass is 258 g/mol. The first-order valence-corrected chi connectivity index (χ1v) is 7.04. The lowest BCUT2D eigenvalue weighted by atomic mass is 10.1. The highest BCUT2D eigenvalue weighted by Gasteiger charge is 2.02. The number of hydrogen-bond donors (Lipinski definition) is 1. The first-order valence-electron chi connectivity index (χ1n) is 7.04. The van der Waals surface area contributed by atoms with Gasteiger partial charge in [0.25, 0.3) is 0 Å². The van der Waals surface area contributed by atoms with Gasteiger partial charge in [0.05, 0.1) is 17.6 Å². The van der Waals surface area contributed by atoms with Crippen LogP contribution in [0.15, 0.2) is 30.5 Å². The predicted molar refractivity (Wildman–Crippen MR) is 77.3 cm³/mol. The third-order valence-corrected chi connectivity index (χ3v) is 3.20. The van der Waals surface area contributed by atoms with Crippen LogP contribution < -0.4 is 5.73 Å². The van der Waals surface area contributed by atoms with E-state index >= 15 is 0 Å². The van der Waals surface area contributed by atoms with Gasteiger partial charge in [0.15, 0.2) is 0 Å². The molecule has 0 aliphatic carbocycles. The molecule has 0 atom stereocenters. The number of aryl methyl sites for hydroxylation is 2. The number of hydrogen-bond acceptors (Lipinski definition) is 3. The van der Waals surface area contributed by atoms with Gasteiger partial charge in [0.1, 0.15) is 0 Å². The van der Waals surface area contributed by atoms with E-state index in [0.717, 1.165) is 30.6 Å².